The lowest BCUT2D eigenvalue weighted by Crippen LogP contribution is -2.13. The van der Waals surface area contributed by atoms with Gasteiger partial charge in [0.25, 0.3) is 5.91 Å². The van der Waals surface area contributed by atoms with Crippen LogP contribution in [-0.2, 0) is 4.79 Å². The molecule has 0 aliphatic carbocycles. The highest BCUT2D eigenvalue weighted by atomic mass is 35.5. The minimum absolute atomic E-state index is 0.124. The van der Waals surface area contributed by atoms with E-state index in [0.29, 0.717) is 32.3 Å². The number of rotatable bonds is 4. The van der Waals surface area contributed by atoms with Gasteiger partial charge in [-0.15, -0.1) is 0 Å². The van der Waals surface area contributed by atoms with Gasteiger partial charge in [-0.1, -0.05) is 46.9 Å². The van der Waals surface area contributed by atoms with Crippen LogP contribution in [0.25, 0.3) is 17.4 Å². The molecule has 1 amide bonds. The Kier molecular flexibility index (Phi) is 5.88. The van der Waals surface area contributed by atoms with Crippen molar-refractivity contribution in [3.05, 3.63) is 81.0 Å². The number of anilines is 1. The lowest BCUT2D eigenvalue weighted by molar-refractivity contribution is -0.112. The van der Waals surface area contributed by atoms with Crippen molar-refractivity contribution in [2.75, 3.05) is 5.32 Å². The fourth-order valence-electron chi connectivity index (χ4n) is 2.30. The average molecular weight is 418 g/mol. The maximum absolute atomic E-state index is 12.3. The normalized spacial score (nSPS) is 11.1. The van der Waals surface area contributed by atoms with Gasteiger partial charge in [-0.05, 0) is 42.5 Å². The maximum Gasteiger partial charge on any atom is 0.266 e. The summed E-state index contributed by atoms with van der Waals surface area (Å²) in [6, 6.07) is 17.1. The summed E-state index contributed by atoms with van der Waals surface area (Å²) in [6.45, 7) is 0. The van der Waals surface area contributed by atoms with Gasteiger partial charge in [0, 0.05) is 17.3 Å². The van der Waals surface area contributed by atoms with Crippen LogP contribution in [0.3, 0.4) is 0 Å². The summed E-state index contributed by atoms with van der Waals surface area (Å²) in [5.74, 6) is 0.298. The number of carbonyl (C=O) groups is 1. The van der Waals surface area contributed by atoms with Gasteiger partial charge in [-0.3, -0.25) is 4.79 Å². The predicted octanol–water partition coefficient (Wildman–Crippen LogP) is 6.45. The van der Waals surface area contributed by atoms with Crippen LogP contribution in [-0.4, -0.2) is 5.91 Å². The smallest absolute Gasteiger partial charge is 0.266 e. The number of amides is 1. The number of hydrogen-bond donors (Lipinski definition) is 1. The lowest BCUT2D eigenvalue weighted by atomic mass is 10.2. The molecule has 1 N–H and O–H groups in total. The number of nitrogens with zero attached hydrogens (tertiary/aromatic N) is 1. The number of nitrogens with one attached hydrogen (secondary N) is 1. The molecule has 0 aliphatic rings. The fourth-order valence-corrected chi connectivity index (χ4v) is 2.83. The van der Waals surface area contributed by atoms with E-state index in [1.807, 2.05) is 24.3 Å². The molecule has 1 aromatic heterocycles. The van der Waals surface area contributed by atoms with Gasteiger partial charge in [0.2, 0.25) is 0 Å². The zero-order chi connectivity index (χ0) is 19.4. The van der Waals surface area contributed by atoms with Gasteiger partial charge in [0.1, 0.15) is 23.2 Å². The molecule has 0 aliphatic heterocycles. The van der Waals surface area contributed by atoms with Gasteiger partial charge in [-0.25, -0.2) is 0 Å². The van der Waals surface area contributed by atoms with Gasteiger partial charge in [0.15, 0.2) is 0 Å². The highest BCUT2D eigenvalue weighted by molar-refractivity contribution is 6.42. The first-order chi connectivity index (χ1) is 13.0. The van der Waals surface area contributed by atoms with Gasteiger partial charge >= 0.3 is 0 Å². The first kappa shape index (κ1) is 19.1. The van der Waals surface area contributed by atoms with Crippen LogP contribution in [0, 0.1) is 11.3 Å². The Morgan fingerprint density at radius 2 is 1.78 bits per heavy atom. The number of benzene rings is 2. The number of nitriles is 1. The molecule has 1 heterocycles. The third-order valence-electron chi connectivity index (χ3n) is 3.60. The first-order valence-corrected chi connectivity index (χ1v) is 8.84. The van der Waals surface area contributed by atoms with Crippen molar-refractivity contribution in [2.45, 2.75) is 0 Å². The van der Waals surface area contributed by atoms with Crippen molar-refractivity contribution in [1.29, 1.82) is 5.26 Å². The minimum atomic E-state index is -0.591. The van der Waals surface area contributed by atoms with Crippen LogP contribution < -0.4 is 5.32 Å². The van der Waals surface area contributed by atoms with Crippen LogP contribution in [0.2, 0.25) is 15.1 Å². The Morgan fingerprint density at radius 3 is 2.48 bits per heavy atom. The van der Waals surface area contributed by atoms with E-state index in [-0.39, 0.29) is 5.57 Å². The van der Waals surface area contributed by atoms with Crippen molar-refractivity contribution in [3.63, 3.8) is 0 Å². The largest absolute Gasteiger partial charge is 0.457 e. The molecule has 0 atom stereocenters. The molecule has 0 fully saturated rings. The summed E-state index contributed by atoms with van der Waals surface area (Å²) in [6.07, 6.45) is 1.35. The van der Waals surface area contributed by atoms with E-state index in [1.165, 1.54) is 12.1 Å². The fraction of sp³-hybridized carbons (Fsp3) is 0. The van der Waals surface area contributed by atoms with E-state index in [0.717, 1.165) is 5.56 Å². The Hall–Kier alpha value is -2.71. The van der Waals surface area contributed by atoms with Crippen LogP contribution in [0.4, 0.5) is 5.69 Å². The third-order valence-corrected chi connectivity index (χ3v) is 4.66. The second kappa shape index (κ2) is 8.32. The molecular weight excluding hydrogens is 407 g/mol. The van der Waals surface area contributed by atoms with E-state index in [4.69, 9.17) is 39.2 Å². The topological polar surface area (TPSA) is 66.0 Å². The molecule has 0 spiro atoms. The van der Waals surface area contributed by atoms with E-state index < -0.39 is 5.91 Å². The summed E-state index contributed by atoms with van der Waals surface area (Å²) in [7, 11) is 0. The molecule has 3 aromatic rings. The molecule has 27 heavy (non-hydrogen) atoms. The van der Waals surface area contributed by atoms with E-state index in [9.17, 15) is 10.1 Å². The molecule has 0 saturated carbocycles. The van der Waals surface area contributed by atoms with Crippen molar-refractivity contribution >= 4 is 52.5 Å². The van der Waals surface area contributed by atoms with E-state index >= 15 is 0 Å². The first-order valence-electron chi connectivity index (χ1n) is 7.71. The highest BCUT2D eigenvalue weighted by Gasteiger charge is 2.13. The quantitative estimate of drug-likeness (QED) is 0.392. The predicted molar refractivity (Wildman–Crippen MR) is 108 cm³/mol. The molecule has 0 saturated heterocycles. The van der Waals surface area contributed by atoms with Crippen molar-refractivity contribution < 1.29 is 9.21 Å². The van der Waals surface area contributed by atoms with E-state index in [1.54, 1.807) is 30.3 Å². The number of carbonyl (C=O) groups excluding carboxylic acids is 1. The zero-order valence-electron chi connectivity index (χ0n) is 13.7. The summed E-state index contributed by atoms with van der Waals surface area (Å²) >= 11 is 17.9. The molecule has 2 aromatic carbocycles. The van der Waals surface area contributed by atoms with Crippen molar-refractivity contribution in [1.82, 2.24) is 0 Å². The Labute approximate surface area is 170 Å². The van der Waals surface area contributed by atoms with Gasteiger partial charge < -0.3 is 9.73 Å². The number of hydrogen-bond acceptors (Lipinski definition) is 3. The molecule has 3 rings (SSSR count). The zero-order valence-corrected chi connectivity index (χ0v) is 15.9. The van der Waals surface area contributed by atoms with Gasteiger partial charge in [-0.2, -0.15) is 5.26 Å². The lowest BCUT2D eigenvalue weighted by Gasteiger charge is -2.05. The molecule has 7 heteroatoms. The molecule has 0 radical (unpaired) electrons. The monoisotopic (exact) mass is 416 g/mol. The Balaban J connectivity index is 1.82. The number of halogens is 3. The third kappa shape index (κ3) is 4.53. The van der Waals surface area contributed by atoms with Crippen molar-refractivity contribution in [2.24, 2.45) is 0 Å². The average Bonchev–Trinajstić information content (AvgIpc) is 3.11. The second-order valence-electron chi connectivity index (χ2n) is 5.43. The molecule has 134 valence electrons. The summed E-state index contributed by atoms with van der Waals surface area (Å²) < 4.78 is 5.69. The summed E-state index contributed by atoms with van der Waals surface area (Å²) in [5, 5.41) is 13.1. The second-order valence-corrected chi connectivity index (χ2v) is 6.66. The molecule has 4 nitrogen and oxygen atoms in total. The summed E-state index contributed by atoms with van der Waals surface area (Å²) in [4.78, 5) is 12.3. The summed E-state index contributed by atoms with van der Waals surface area (Å²) in [5.41, 5.74) is 1.02. The molecule has 0 bridgehead atoms. The van der Waals surface area contributed by atoms with Crippen LogP contribution in [0.5, 0.6) is 0 Å². The molecule has 0 unspecified atom stereocenters. The van der Waals surface area contributed by atoms with Crippen molar-refractivity contribution in [3.8, 4) is 17.4 Å². The maximum atomic E-state index is 12.3. The SMILES string of the molecule is N#C/C(=C\c1ccc(-c2ccccc2Cl)o1)C(=O)Nc1ccc(Cl)c(Cl)c1. The number of furan rings is 1. The van der Waals surface area contributed by atoms with Gasteiger partial charge in [0.05, 0.1) is 15.1 Å². The van der Waals surface area contributed by atoms with E-state index in [2.05, 4.69) is 5.32 Å². The van der Waals surface area contributed by atoms with Crippen LogP contribution in [0.1, 0.15) is 5.76 Å². The standard InChI is InChI=1S/C20H11Cl3N2O2/c21-16-4-2-1-3-15(16)19-8-6-14(27-19)9-12(11-24)20(26)25-13-5-7-17(22)18(23)10-13/h1-10H,(H,25,26)/b12-9+. The van der Waals surface area contributed by atoms with Crippen LogP contribution in [0.15, 0.2) is 64.6 Å². The highest BCUT2D eigenvalue weighted by Crippen LogP contribution is 2.30. The molecular formula is C20H11Cl3N2O2. The minimum Gasteiger partial charge on any atom is -0.457 e. The van der Waals surface area contributed by atoms with Crippen LogP contribution >= 0.6 is 34.8 Å². The Morgan fingerprint density at radius 1 is 1.00 bits per heavy atom. The Bertz CT molecular complexity index is 1080.